The summed E-state index contributed by atoms with van der Waals surface area (Å²) in [5.41, 5.74) is 0.242. The Kier molecular flexibility index (Phi) is 8.14. The quantitative estimate of drug-likeness (QED) is 0.300. The molecule has 0 saturated heterocycles. The fourth-order valence-corrected chi connectivity index (χ4v) is 4.32. The second-order valence-corrected chi connectivity index (χ2v) is 10.1. The zero-order chi connectivity index (χ0) is 27.3. The lowest BCUT2D eigenvalue weighted by Crippen LogP contribution is -2.34. The van der Waals surface area contributed by atoms with Crippen LogP contribution in [0.5, 0.6) is 11.8 Å². The first-order valence-corrected chi connectivity index (χ1v) is 12.9. The summed E-state index contributed by atoms with van der Waals surface area (Å²) in [4.78, 5) is 25.9. The number of rotatable bonds is 8. The number of carbonyl (C=O) groups is 1. The number of ether oxygens (including phenoxy) is 1. The van der Waals surface area contributed by atoms with Crippen LogP contribution >= 0.6 is 0 Å². The molecule has 0 radical (unpaired) electrons. The lowest BCUT2D eigenvalue weighted by atomic mass is 10.0. The van der Waals surface area contributed by atoms with E-state index in [1.54, 1.807) is 10.8 Å². The molecule has 38 heavy (non-hydrogen) atoms. The van der Waals surface area contributed by atoms with Crippen molar-refractivity contribution in [1.29, 1.82) is 0 Å². The minimum atomic E-state index is -0.580. The highest BCUT2D eigenvalue weighted by molar-refractivity contribution is 6.13. The van der Waals surface area contributed by atoms with Crippen molar-refractivity contribution in [3.63, 3.8) is 0 Å². The smallest absolute Gasteiger partial charge is 0.407 e. The van der Waals surface area contributed by atoms with Gasteiger partial charge in [-0.15, -0.1) is 0 Å². The number of benzene rings is 2. The van der Waals surface area contributed by atoms with Gasteiger partial charge >= 0.3 is 6.09 Å². The van der Waals surface area contributed by atoms with E-state index in [9.17, 15) is 15.0 Å². The summed E-state index contributed by atoms with van der Waals surface area (Å²) in [5, 5.41) is 28.9. The van der Waals surface area contributed by atoms with Gasteiger partial charge in [-0.3, -0.25) is 19.5 Å². The van der Waals surface area contributed by atoms with Gasteiger partial charge in [0.25, 0.3) is 0 Å². The molecule has 3 N–H and O–H groups in total. The number of alkyl carbamates (subject to hydrolysis) is 1. The number of nitrogens with zero attached hydrogens (tertiary/aromatic N) is 4. The fraction of sp³-hybridized carbons (Fsp3) is 0.379. The van der Waals surface area contributed by atoms with Crippen molar-refractivity contribution < 1.29 is 19.7 Å². The van der Waals surface area contributed by atoms with Gasteiger partial charge in [0.1, 0.15) is 5.60 Å². The number of unbranched alkanes of at least 4 members (excludes halogenated alkanes) is 1. The van der Waals surface area contributed by atoms with Crippen LogP contribution in [0.15, 0.2) is 58.6 Å². The molecule has 4 aromatic rings. The summed E-state index contributed by atoms with van der Waals surface area (Å²) in [5.74, 6) is 0.0157. The maximum absolute atomic E-state index is 12.0. The van der Waals surface area contributed by atoms with E-state index in [1.165, 1.54) is 0 Å². The van der Waals surface area contributed by atoms with E-state index in [4.69, 9.17) is 14.7 Å². The number of carbonyl (C=O) groups excluding carboxylic acids is 1. The second kappa shape index (κ2) is 11.5. The molecule has 0 saturated carbocycles. The van der Waals surface area contributed by atoms with Gasteiger partial charge in [0.05, 0.1) is 29.5 Å². The number of hydrogen-bond acceptors (Lipinski definition) is 7. The van der Waals surface area contributed by atoms with Crippen LogP contribution in [0.25, 0.3) is 21.5 Å². The third-order valence-electron chi connectivity index (χ3n) is 6.04. The van der Waals surface area contributed by atoms with E-state index < -0.39 is 11.7 Å². The van der Waals surface area contributed by atoms with Crippen molar-refractivity contribution in [2.45, 2.75) is 59.2 Å². The summed E-state index contributed by atoms with van der Waals surface area (Å²) in [6.45, 7) is 8.97. The fourth-order valence-electron chi connectivity index (χ4n) is 4.32. The van der Waals surface area contributed by atoms with Crippen molar-refractivity contribution in [2.75, 3.05) is 13.1 Å². The molecule has 0 aliphatic carbocycles. The number of amides is 1. The SMILES string of the molecule is CCCCn1c(O)c2ccc(=NCCNC(=O)OC(C)(C)C)c3c(=NCc4ccccn4)ccc(c1O)c23. The molecule has 2 aromatic heterocycles. The summed E-state index contributed by atoms with van der Waals surface area (Å²) in [7, 11) is 0. The van der Waals surface area contributed by atoms with Crippen LogP contribution in [0.4, 0.5) is 4.79 Å². The van der Waals surface area contributed by atoms with Gasteiger partial charge in [-0.2, -0.15) is 0 Å². The van der Waals surface area contributed by atoms with Crippen molar-refractivity contribution in [3.8, 4) is 11.8 Å². The Bertz CT molecular complexity index is 1530. The first kappa shape index (κ1) is 26.9. The molecule has 2 heterocycles. The van der Waals surface area contributed by atoms with Gasteiger partial charge in [-0.05, 0) is 63.6 Å². The Hall–Kier alpha value is -4.14. The molecule has 1 amide bonds. The van der Waals surface area contributed by atoms with Gasteiger partial charge in [0.15, 0.2) is 0 Å². The first-order chi connectivity index (χ1) is 18.2. The van der Waals surface area contributed by atoms with E-state index >= 15 is 0 Å². The Labute approximate surface area is 221 Å². The van der Waals surface area contributed by atoms with Crippen molar-refractivity contribution in [3.05, 3.63) is 65.1 Å². The Morgan fingerprint density at radius 2 is 1.68 bits per heavy atom. The molecule has 0 bridgehead atoms. The topological polar surface area (TPSA) is 121 Å². The van der Waals surface area contributed by atoms with Gasteiger partial charge in [-0.25, -0.2) is 4.79 Å². The Morgan fingerprint density at radius 3 is 2.29 bits per heavy atom. The Balaban J connectivity index is 1.82. The van der Waals surface area contributed by atoms with Crippen LogP contribution in [0.3, 0.4) is 0 Å². The zero-order valence-corrected chi connectivity index (χ0v) is 22.4. The minimum absolute atomic E-state index is 0.00784. The molecule has 4 rings (SSSR count). The highest BCUT2D eigenvalue weighted by atomic mass is 16.6. The normalized spacial score (nSPS) is 12.9. The predicted molar refractivity (Wildman–Crippen MR) is 147 cm³/mol. The molecule has 0 aliphatic heterocycles. The third kappa shape index (κ3) is 6.04. The zero-order valence-electron chi connectivity index (χ0n) is 22.4. The third-order valence-corrected chi connectivity index (χ3v) is 6.04. The van der Waals surface area contributed by atoms with Crippen molar-refractivity contribution in [1.82, 2.24) is 14.9 Å². The van der Waals surface area contributed by atoms with E-state index in [0.29, 0.717) is 46.5 Å². The average molecular weight is 518 g/mol. The van der Waals surface area contributed by atoms with Gasteiger partial charge in [0.2, 0.25) is 11.8 Å². The lowest BCUT2D eigenvalue weighted by Gasteiger charge is -2.19. The van der Waals surface area contributed by atoms with Crippen LogP contribution in [0, 0.1) is 0 Å². The summed E-state index contributed by atoms with van der Waals surface area (Å²) in [6.07, 6.45) is 2.98. The van der Waals surface area contributed by atoms with Crippen molar-refractivity contribution in [2.24, 2.45) is 9.98 Å². The molecule has 0 unspecified atom stereocenters. The number of hydrogen-bond donors (Lipinski definition) is 3. The molecular formula is C29H35N5O4. The number of aromatic hydroxyl groups is 2. The molecule has 9 heteroatoms. The van der Waals surface area contributed by atoms with E-state index in [2.05, 4.69) is 17.2 Å². The van der Waals surface area contributed by atoms with Crippen LogP contribution in [-0.4, -0.2) is 44.5 Å². The minimum Gasteiger partial charge on any atom is -0.494 e. The van der Waals surface area contributed by atoms with Crippen LogP contribution in [0.1, 0.15) is 46.2 Å². The predicted octanol–water partition coefficient (Wildman–Crippen LogP) is 4.36. The molecule has 2 aromatic carbocycles. The summed E-state index contributed by atoms with van der Waals surface area (Å²) >= 11 is 0. The number of nitrogens with one attached hydrogen (secondary N) is 1. The maximum atomic E-state index is 12.0. The molecule has 0 spiro atoms. The Morgan fingerprint density at radius 1 is 1.00 bits per heavy atom. The van der Waals surface area contributed by atoms with Gasteiger partial charge in [-0.1, -0.05) is 19.4 Å². The monoisotopic (exact) mass is 517 g/mol. The molecule has 9 nitrogen and oxygen atoms in total. The highest BCUT2D eigenvalue weighted by Gasteiger charge is 2.18. The van der Waals surface area contributed by atoms with E-state index in [0.717, 1.165) is 23.9 Å². The molecule has 0 fully saturated rings. The standard InChI is InChI=1S/C29H35N5O4/c1-5-6-17-34-26(35)20-10-12-22(31-15-16-32-28(37)38-29(2,3)4)25-23(13-11-21(24(20)25)27(34)36)33-18-19-9-7-8-14-30-19/h7-14,35-36H,5-6,15-18H2,1-4H3,(H,32,37). The lowest BCUT2D eigenvalue weighted by molar-refractivity contribution is 0.0529. The van der Waals surface area contributed by atoms with Crippen LogP contribution in [0.2, 0.25) is 0 Å². The largest absolute Gasteiger partial charge is 0.494 e. The molecule has 200 valence electrons. The summed E-state index contributed by atoms with van der Waals surface area (Å²) < 4.78 is 6.84. The van der Waals surface area contributed by atoms with Gasteiger partial charge < -0.3 is 20.3 Å². The van der Waals surface area contributed by atoms with Crippen LogP contribution < -0.4 is 16.0 Å². The van der Waals surface area contributed by atoms with Crippen LogP contribution in [-0.2, 0) is 17.8 Å². The molecule has 0 atom stereocenters. The summed E-state index contributed by atoms with van der Waals surface area (Å²) in [6, 6.07) is 13.0. The number of pyridine rings is 2. The average Bonchev–Trinajstić information content (AvgIpc) is 2.88. The highest BCUT2D eigenvalue weighted by Crippen LogP contribution is 2.37. The maximum Gasteiger partial charge on any atom is 0.407 e. The van der Waals surface area contributed by atoms with Crippen molar-refractivity contribution >= 4 is 27.6 Å². The molecule has 0 aliphatic rings. The molecular weight excluding hydrogens is 482 g/mol. The number of aromatic nitrogens is 2. The van der Waals surface area contributed by atoms with E-state index in [1.807, 2.05) is 63.2 Å². The van der Waals surface area contributed by atoms with E-state index in [-0.39, 0.29) is 18.3 Å². The second-order valence-electron chi connectivity index (χ2n) is 10.1. The van der Waals surface area contributed by atoms with Gasteiger partial charge in [0, 0.05) is 40.8 Å². The first-order valence-electron chi connectivity index (χ1n) is 12.9.